The minimum absolute atomic E-state index is 0.141. The normalized spacial score (nSPS) is 17.3. The zero-order valence-corrected chi connectivity index (χ0v) is 27.1. The largest absolute Gasteiger partial charge is 0.458 e. The minimum atomic E-state index is -3.01. The molecule has 3 aromatic carbocycles. The first-order chi connectivity index (χ1) is 21.4. The molecule has 236 valence electrons. The number of anilines is 1. The first-order valence-corrected chi connectivity index (χ1v) is 16.4. The van der Waals surface area contributed by atoms with E-state index < -0.39 is 27.9 Å². The first kappa shape index (κ1) is 31.3. The molecule has 2 aliphatic rings. The lowest BCUT2D eigenvalue weighted by Crippen LogP contribution is -2.41. The molecule has 1 saturated carbocycles. The van der Waals surface area contributed by atoms with Gasteiger partial charge >= 0.3 is 7.12 Å². The van der Waals surface area contributed by atoms with E-state index in [0.717, 1.165) is 29.5 Å². The van der Waals surface area contributed by atoms with Crippen molar-refractivity contribution < 1.29 is 31.3 Å². The topological polar surface area (TPSA) is 98.1 Å². The molecule has 0 unspecified atom stereocenters. The molecule has 45 heavy (non-hydrogen) atoms. The molecule has 1 aliphatic heterocycles. The van der Waals surface area contributed by atoms with Crippen LogP contribution in [0.15, 0.2) is 65.1 Å². The minimum Gasteiger partial charge on any atom is -0.455 e. The van der Waals surface area contributed by atoms with Crippen LogP contribution in [0.4, 0.5) is 10.1 Å². The third kappa shape index (κ3) is 6.26. The summed E-state index contributed by atoms with van der Waals surface area (Å²) in [6.07, 6.45) is 3.25. The van der Waals surface area contributed by atoms with Crippen LogP contribution in [-0.2, 0) is 33.2 Å². The van der Waals surface area contributed by atoms with Crippen molar-refractivity contribution in [3.8, 4) is 11.3 Å². The molecule has 0 atom stereocenters. The van der Waals surface area contributed by atoms with Gasteiger partial charge in [0.2, 0.25) is 10.9 Å². The van der Waals surface area contributed by atoms with Gasteiger partial charge in [-0.2, -0.15) is 0 Å². The van der Waals surface area contributed by atoms with Crippen molar-refractivity contribution in [2.45, 2.75) is 76.9 Å². The Morgan fingerprint density at radius 2 is 1.67 bits per heavy atom. The van der Waals surface area contributed by atoms with E-state index >= 15 is 0 Å². The van der Waals surface area contributed by atoms with Crippen molar-refractivity contribution in [3.05, 3.63) is 88.7 Å². The zero-order chi connectivity index (χ0) is 32.1. The van der Waals surface area contributed by atoms with Crippen molar-refractivity contribution in [3.63, 3.8) is 0 Å². The number of carbonyl (C=O) groups is 1. The predicted molar refractivity (Wildman–Crippen MR) is 175 cm³/mol. The van der Waals surface area contributed by atoms with Crippen LogP contribution in [0.25, 0.3) is 22.3 Å². The molecule has 6 rings (SSSR count). The fourth-order valence-corrected chi connectivity index (χ4v) is 6.53. The van der Waals surface area contributed by atoms with Gasteiger partial charge in [-0.3, -0.25) is 9.10 Å². The number of fused-ring (bicyclic) bond motifs is 1. The van der Waals surface area contributed by atoms with Gasteiger partial charge in [-0.1, -0.05) is 24.3 Å². The maximum absolute atomic E-state index is 13.7. The van der Waals surface area contributed by atoms with Gasteiger partial charge < -0.3 is 19.0 Å². The Morgan fingerprint density at radius 3 is 2.29 bits per heavy atom. The van der Waals surface area contributed by atoms with Crippen molar-refractivity contribution in [1.29, 1.82) is 0 Å². The number of rotatable bonds is 10. The number of carbonyl (C=O) groups excluding carboxylic acids is 1. The van der Waals surface area contributed by atoms with Gasteiger partial charge in [0.05, 0.1) is 29.0 Å². The van der Waals surface area contributed by atoms with Crippen LogP contribution in [-0.4, -0.2) is 39.7 Å². The fourth-order valence-electron chi connectivity index (χ4n) is 5.90. The molecule has 1 aliphatic carbocycles. The smallest absolute Gasteiger partial charge is 0.455 e. The number of halogens is 1. The molecule has 4 aromatic rings. The molecule has 1 aromatic heterocycles. The standard InChI is InChI=1S/C34H38BFN2O6S/c1-33(2)34(3,4)44-35(43-33)16-15-21-7-6-8-22(17-21)20-38(45(40)41)28-19-29-27(18-26(28)23-9-10-23)30(32(39)37-5)31(42-29)24-11-13-25(36)14-12-24/h6-8,11-14,17-19,23,45H,9-10,15-16,20H2,1-5H3,(H,37,39). The summed E-state index contributed by atoms with van der Waals surface area (Å²) < 4.78 is 59.2. The number of hydrogen-bond donors (Lipinski definition) is 2. The summed E-state index contributed by atoms with van der Waals surface area (Å²) in [6, 6.07) is 17.2. The van der Waals surface area contributed by atoms with Gasteiger partial charge in [-0.25, -0.2) is 12.8 Å². The van der Waals surface area contributed by atoms with Gasteiger partial charge in [-0.05, 0) is 106 Å². The van der Waals surface area contributed by atoms with E-state index in [-0.39, 0.29) is 25.5 Å². The summed E-state index contributed by atoms with van der Waals surface area (Å²) in [7, 11) is -1.78. The number of amides is 1. The molecule has 1 N–H and O–H groups in total. The van der Waals surface area contributed by atoms with Crippen LogP contribution in [0.2, 0.25) is 6.32 Å². The molecular weight excluding hydrogens is 594 g/mol. The van der Waals surface area contributed by atoms with Crippen LogP contribution in [0, 0.1) is 5.82 Å². The SMILES string of the molecule is CNC(=O)c1c(-c2ccc(F)cc2)oc2cc(N(Cc3cccc(CCB4OC(C)(C)C(C)(C)O4)c3)[SH](=O)=O)c(C3CC3)cc12. The number of nitrogens with one attached hydrogen (secondary N) is 1. The van der Waals surface area contributed by atoms with E-state index in [2.05, 4.69) is 5.32 Å². The van der Waals surface area contributed by atoms with Crippen LogP contribution in [0.5, 0.6) is 0 Å². The first-order valence-electron chi connectivity index (χ1n) is 15.3. The van der Waals surface area contributed by atoms with Gasteiger partial charge in [0, 0.05) is 24.1 Å². The third-order valence-electron chi connectivity index (χ3n) is 9.18. The number of benzene rings is 3. The van der Waals surface area contributed by atoms with E-state index in [4.69, 9.17) is 13.7 Å². The maximum atomic E-state index is 13.7. The van der Waals surface area contributed by atoms with Crippen LogP contribution < -0.4 is 9.62 Å². The summed E-state index contributed by atoms with van der Waals surface area (Å²) in [6.45, 7) is 8.27. The quantitative estimate of drug-likeness (QED) is 0.150. The highest BCUT2D eigenvalue weighted by molar-refractivity contribution is 7.74. The Hall–Kier alpha value is -3.67. The molecule has 2 fully saturated rings. The molecule has 1 saturated heterocycles. The highest BCUT2D eigenvalue weighted by Gasteiger charge is 2.50. The van der Waals surface area contributed by atoms with E-state index in [0.29, 0.717) is 46.3 Å². The second kappa shape index (κ2) is 11.9. The Bertz CT molecular complexity index is 1810. The molecule has 8 nitrogen and oxygen atoms in total. The van der Waals surface area contributed by atoms with E-state index in [1.165, 1.54) is 16.4 Å². The van der Waals surface area contributed by atoms with Gasteiger partial charge in [0.1, 0.15) is 17.2 Å². The Balaban J connectivity index is 1.32. The van der Waals surface area contributed by atoms with Gasteiger partial charge in [-0.15, -0.1) is 0 Å². The Kier molecular flexibility index (Phi) is 8.30. The maximum Gasteiger partial charge on any atom is 0.458 e. The van der Waals surface area contributed by atoms with Gasteiger partial charge in [0.25, 0.3) is 5.91 Å². The van der Waals surface area contributed by atoms with E-state index in [1.54, 1.807) is 25.2 Å². The third-order valence-corrected chi connectivity index (χ3v) is 9.94. The predicted octanol–water partition coefficient (Wildman–Crippen LogP) is 6.64. The van der Waals surface area contributed by atoms with Crippen LogP contribution in [0.1, 0.15) is 73.5 Å². The number of nitrogens with zero attached hydrogens (tertiary/aromatic N) is 1. The summed E-state index contributed by atoms with van der Waals surface area (Å²) >= 11 is 0. The number of hydrogen-bond acceptors (Lipinski definition) is 6. The van der Waals surface area contributed by atoms with Crippen LogP contribution >= 0.6 is 0 Å². The lowest BCUT2D eigenvalue weighted by Gasteiger charge is -2.32. The molecule has 0 bridgehead atoms. The molecular formula is C34H38BFN2O6S. The lowest BCUT2D eigenvalue weighted by molar-refractivity contribution is 0.00578. The number of aryl methyl sites for hydroxylation is 1. The van der Waals surface area contributed by atoms with Gasteiger partial charge in [0.15, 0.2) is 0 Å². The molecule has 11 heteroatoms. The Labute approximate surface area is 265 Å². The van der Waals surface area contributed by atoms with E-state index in [1.807, 2.05) is 58.0 Å². The second-order valence-corrected chi connectivity index (χ2v) is 13.9. The summed E-state index contributed by atoms with van der Waals surface area (Å²) in [5.41, 5.74) is 3.77. The fraction of sp³-hybridized carbons (Fsp3) is 0.382. The van der Waals surface area contributed by atoms with Crippen LogP contribution in [0.3, 0.4) is 0 Å². The van der Waals surface area contributed by atoms with Crippen molar-refractivity contribution >= 4 is 40.6 Å². The number of furan rings is 1. The van der Waals surface area contributed by atoms with Crippen molar-refractivity contribution in [2.24, 2.45) is 0 Å². The number of thiol groups is 1. The van der Waals surface area contributed by atoms with Crippen molar-refractivity contribution in [1.82, 2.24) is 5.32 Å². The average molecular weight is 633 g/mol. The average Bonchev–Trinajstić information content (AvgIpc) is 3.73. The van der Waals surface area contributed by atoms with Crippen molar-refractivity contribution in [2.75, 3.05) is 11.4 Å². The summed E-state index contributed by atoms with van der Waals surface area (Å²) in [5.74, 6) is -0.265. The summed E-state index contributed by atoms with van der Waals surface area (Å²) in [5, 5.41) is 3.27. The monoisotopic (exact) mass is 632 g/mol. The second-order valence-electron chi connectivity index (χ2n) is 12.9. The molecule has 0 spiro atoms. The Morgan fingerprint density at radius 1 is 1.00 bits per heavy atom. The zero-order valence-electron chi connectivity index (χ0n) is 26.2. The molecule has 2 heterocycles. The van der Waals surface area contributed by atoms with E-state index in [9.17, 15) is 17.6 Å². The highest BCUT2D eigenvalue weighted by atomic mass is 32.2. The lowest BCUT2D eigenvalue weighted by atomic mass is 9.81. The molecule has 0 radical (unpaired) electrons. The highest BCUT2D eigenvalue weighted by Crippen LogP contribution is 2.48. The summed E-state index contributed by atoms with van der Waals surface area (Å²) in [4.78, 5) is 13.1. The molecule has 1 amide bonds.